The molecule has 0 saturated carbocycles. The molecule has 1 radical (unpaired) electrons. The Morgan fingerprint density at radius 2 is 2.00 bits per heavy atom. The zero-order valence-electron chi connectivity index (χ0n) is 5.89. The number of ether oxygens (including phenoxy) is 2. The Labute approximate surface area is 81.2 Å². The summed E-state index contributed by atoms with van der Waals surface area (Å²) in [7, 11) is 0. The van der Waals surface area contributed by atoms with Crippen LogP contribution in [0.25, 0.3) is 0 Å². The molecule has 1 heterocycles. The summed E-state index contributed by atoms with van der Waals surface area (Å²) in [5.41, 5.74) is 0. The Morgan fingerprint density at radius 1 is 1.44 bits per heavy atom. The van der Waals surface area contributed by atoms with Gasteiger partial charge in [-0.15, -0.1) is 6.10 Å². The third-order valence-electron chi connectivity index (χ3n) is 0.928. The first-order valence-corrected chi connectivity index (χ1v) is 2.88. The van der Waals surface area contributed by atoms with Crippen LogP contribution in [-0.4, -0.2) is 19.3 Å². The molecule has 0 aromatic rings. The molecule has 1 fully saturated rings. The first kappa shape index (κ1) is 10.0. The molecule has 0 aromatic heterocycles. The fourth-order valence-corrected chi connectivity index (χ4v) is 0.587. The van der Waals surface area contributed by atoms with Gasteiger partial charge in [0.2, 0.25) is 0 Å². The van der Waals surface area contributed by atoms with Crippen LogP contribution in [0.15, 0.2) is 0 Å². The molecule has 0 bridgehead atoms. The molecular formula is C6H11O2Y-. The van der Waals surface area contributed by atoms with E-state index in [0.717, 1.165) is 6.10 Å². The standard InChI is InChI=1S/C6H11O2.Y/c1-5(2)8-6-3-7-4-6;/h5H,3-4H2,1-2H3;/q-1;. The molecule has 1 aliphatic rings. The number of rotatable bonds is 2. The molecule has 0 amide bonds. The van der Waals surface area contributed by atoms with Gasteiger partial charge in [-0.1, -0.05) is 13.2 Å². The van der Waals surface area contributed by atoms with Gasteiger partial charge in [0.15, 0.2) is 0 Å². The molecule has 1 rings (SSSR count). The summed E-state index contributed by atoms with van der Waals surface area (Å²) >= 11 is 0. The number of hydrogen-bond donors (Lipinski definition) is 0. The van der Waals surface area contributed by atoms with Gasteiger partial charge < -0.3 is 9.47 Å². The summed E-state index contributed by atoms with van der Waals surface area (Å²) in [6.07, 6.45) is 1.40. The maximum Gasteiger partial charge on any atom is 0.0175 e. The third-order valence-corrected chi connectivity index (χ3v) is 0.928. The SMILES string of the molecule is CC(C)O[C-]1COC1.[Y]. The van der Waals surface area contributed by atoms with Gasteiger partial charge in [0.25, 0.3) is 0 Å². The quantitative estimate of drug-likeness (QED) is 0.624. The molecule has 51 valence electrons. The summed E-state index contributed by atoms with van der Waals surface area (Å²) < 4.78 is 10.2. The van der Waals surface area contributed by atoms with Crippen molar-refractivity contribution in [3.05, 3.63) is 6.10 Å². The van der Waals surface area contributed by atoms with Crippen molar-refractivity contribution < 1.29 is 42.2 Å². The summed E-state index contributed by atoms with van der Waals surface area (Å²) in [4.78, 5) is 0. The van der Waals surface area contributed by atoms with Crippen molar-refractivity contribution in [3.8, 4) is 0 Å². The van der Waals surface area contributed by atoms with Crippen LogP contribution in [0.3, 0.4) is 0 Å². The minimum absolute atomic E-state index is 0. The topological polar surface area (TPSA) is 18.5 Å². The average Bonchev–Trinajstić information content (AvgIpc) is 1.55. The van der Waals surface area contributed by atoms with Gasteiger partial charge in [-0.2, -0.15) is 0 Å². The van der Waals surface area contributed by atoms with Gasteiger partial charge in [0.1, 0.15) is 0 Å². The first-order chi connectivity index (χ1) is 3.79. The molecule has 0 N–H and O–H groups in total. The van der Waals surface area contributed by atoms with E-state index in [0.29, 0.717) is 19.3 Å². The molecule has 3 heteroatoms. The van der Waals surface area contributed by atoms with Crippen LogP contribution >= 0.6 is 0 Å². The van der Waals surface area contributed by atoms with Crippen molar-refractivity contribution in [2.24, 2.45) is 0 Å². The molecule has 0 aromatic carbocycles. The Kier molecular flexibility index (Phi) is 5.32. The van der Waals surface area contributed by atoms with Gasteiger partial charge >= 0.3 is 0 Å². The van der Waals surface area contributed by atoms with E-state index >= 15 is 0 Å². The van der Waals surface area contributed by atoms with E-state index in [1.807, 2.05) is 13.8 Å². The Bertz CT molecular complexity index is 71.5. The predicted molar refractivity (Wildman–Crippen MR) is 30.3 cm³/mol. The van der Waals surface area contributed by atoms with Crippen LogP contribution < -0.4 is 0 Å². The predicted octanol–water partition coefficient (Wildman–Crippen LogP) is 0.971. The molecule has 1 aliphatic heterocycles. The monoisotopic (exact) mass is 204 g/mol. The van der Waals surface area contributed by atoms with Crippen LogP contribution in [-0.2, 0) is 42.2 Å². The fourth-order valence-electron chi connectivity index (χ4n) is 0.587. The van der Waals surface area contributed by atoms with Crippen molar-refractivity contribution in [3.63, 3.8) is 0 Å². The second kappa shape index (κ2) is 4.78. The van der Waals surface area contributed by atoms with Gasteiger partial charge in [-0.3, -0.25) is 0 Å². The van der Waals surface area contributed by atoms with Gasteiger partial charge in [-0.05, 0) is 13.8 Å². The van der Waals surface area contributed by atoms with E-state index in [1.54, 1.807) is 0 Å². The van der Waals surface area contributed by atoms with Gasteiger partial charge in [-0.25, -0.2) is 0 Å². The molecule has 1 saturated heterocycles. The van der Waals surface area contributed by atoms with Crippen LogP contribution in [0.1, 0.15) is 13.8 Å². The van der Waals surface area contributed by atoms with E-state index in [4.69, 9.17) is 9.47 Å². The number of hydrogen-bond acceptors (Lipinski definition) is 2. The maximum absolute atomic E-state index is 5.28. The molecule has 0 aliphatic carbocycles. The summed E-state index contributed by atoms with van der Waals surface area (Å²) in [5, 5.41) is 0. The Hall–Kier alpha value is 1.02. The van der Waals surface area contributed by atoms with E-state index in [1.165, 1.54) is 0 Å². The van der Waals surface area contributed by atoms with E-state index in [9.17, 15) is 0 Å². The van der Waals surface area contributed by atoms with E-state index < -0.39 is 0 Å². The third kappa shape index (κ3) is 3.66. The van der Waals surface area contributed by atoms with Gasteiger partial charge in [0.05, 0.1) is 0 Å². The second-order valence-electron chi connectivity index (χ2n) is 2.20. The molecule has 0 spiro atoms. The Morgan fingerprint density at radius 3 is 2.11 bits per heavy atom. The second-order valence-corrected chi connectivity index (χ2v) is 2.20. The van der Waals surface area contributed by atoms with Crippen LogP contribution in [0, 0.1) is 6.10 Å². The summed E-state index contributed by atoms with van der Waals surface area (Å²) in [6, 6.07) is 0. The Balaban J connectivity index is 0.000000640. The van der Waals surface area contributed by atoms with Crippen molar-refractivity contribution in [1.82, 2.24) is 0 Å². The zero-order valence-corrected chi connectivity index (χ0v) is 8.72. The van der Waals surface area contributed by atoms with Crippen molar-refractivity contribution in [2.75, 3.05) is 13.2 Å². The average molecular weight is 204 g/mol. The molecule has 2 nitrogen and oxygen atoms in total. The molecule has 0 atom stereocenters. The van der Waals surface area contributed by atoms with E-state index in [-0.39, 0.29) is 32.7 Å². The molecule has 0 unspecified atom stereocenters. The van der Waals surface area contributed by atoms with Crippen LogP contribution in [0.4, 0.5) is 0 Å². The zero-order chi connectivity index (χ0) is 5.98. The first-order valence-electron chi connectivity index (χ1n) is 2.88. The summed E-state index contributed by atoms with van der Waals surface area (Å²) in [5.74, 6) is 0. The molecular weight excluding hydrogens is 193 g/mol. The largest absolute Gasteiger partial charge is 0.543 e. The summed E-state index contributed by atoms with van der Waals surface area (Å²) in [6.45, 7) is 5.45. The minimum atomic E-state index is 0. The van der Waals surface area contributed by atoms with Crippen LogP contribution in [0.5, 0.6) is 0 Å². The van der Waals surface area contributed by atoms with Crippen molar-refractivity contribution in [2.45, 2.75) is 20.0 Å². The van der Waals surface area contributed by atoms with Crippen LogP contribution in [0.2, 0.25) is 0 Å². The van der Waals surface area contributed by atoms with E-state index in [2.05, 4.69) is 0 Å². The van der Waals surface area contributed by atoms with Crippen molar-refractivity contribution in [1.29, 1.82) is 0 Å². The smallest absolute Gasteiger partial charge is 0.0175 e. The molecule has 9 heavy (non-hydrogen) atoms. The fraction of sp³-hybridized carbons (Fsp3) is 0.833. The van der Waals surface area contributed by atoms with Gasteiger partial charge in [0, 0.05) is 38.8 Å². The normalized spacial score (nSPS) is 19.0. The van der Waals surface area contributed by atoms with Crippen molar-refractivity contribution >= 4 is 0 Å². The maximum atomic E-state index is 5.28. The minimum Gasteiger partial charge on any atom is -0.543 e.